The van der Waals surface area contributed by atoms with Gasteiger partial charge in [-0.1, -0.05) is 0 Å². The molecule has 2 aromatic heterocycles. The van der Waals surface area contributed by atoms with E-state index < -0.39 is 5.97 Å². The summed E-state index contributed by atoms with van der Waals surface area (Å²) in [5.41, 5.74) is 1.80. The highest BCUT2D eigenvalue weighted by Crippen LogP contribution is 2.16. The molecule has 0 aliphatic heterocycles. The minimum absolute atomic E-state index is 0.0396. The van der Waals surface area contributed by atoms with Crippen molar-refractivity contribution in [1.82, 2.24) is 14.7 Å². The second-order valence-electron chi connectivity index (χ2n) is 4.37. The van der Waals surface area contributed by atoms with Crippen LogP contribution < -0.4 is 5.32 Å². The predicted octanol–water partition coefficient (Wildman–Crippen LogP) is 2.00. The molecular weight excluding hydrogens is 326 g/mol. The summed E-state index contributed by atoms with van der Waals surface area (Å²) in [6, 6.07) is 3.68. The fraction of sp³-hybridized carbons (Fsp3) is 0.308. The van der Waals surface area contributed by atoms with Gasteiger partial charge in [0.15, 0.2) is 0 Å². The number of aromatic nitrogens is 2. The Morgan fingerprint density at radius 2 is 2.20 bits per heavy atom. The smallest absolute Gasteiger partial charge is 0.303 e. The summed E-state index contributed by atoms with van der Waals surface area (Å²) < 4.78 is 2.56. The van der Waals surface area contributed by atoms with Gasteiger partial charge in [0.25, 0.3) is 5.91 Å². The first-order valence-corrected chi connectivity index (χ1v) is 6.92. The molecule has 0 aromatic carbocycles. The number of aliphatic carboxylic acids is 1. The predicted molar refractivity (Wildman–Crippen MR) is 76.8 cm³/mol. The quantitative estimate of drug-likeness (QED) is 0.816. The molecule has 2 N–H and O–H groups in total. The van der Waals surface area contributed by atoms with Crippen molar-refractivity contribution in [2.45, 2.75) is 19.8 Å². The lowest BCUT2D eigenvalue weighted by molar-refractivity contribution is -0.137. The van der Waals surface area contributed by atoms with E-state index in [0.717, 1.165) is 4.47 Å². The summed E-state index contributed by atoms with van der Waals surface area (Å²) in [6.07, 6.45) is 2.22. The topological polar surface area (TPSA) is 83.7 Å². The normalized spacial score (nSPS) is 10.7. The van der Waals surface area contributed by atoms with Crippen LogP contribution in [-0.2, 0) is 4.79 Å². The first-order chi connectivity index (χ1) is 9.49. The van der Waals surface area contributed by atoms with E-state index in [1.54, 1.807) is 17.5 Å². The highest BCUT2D eigenvalue weighted by Gasteiger charge is 2.16. The number of amides is 1. The number of carboxylic acid groups (broad SMARTS) is 1. The molecule has 0 radical (unpaired) electrons. The number of carbonyl (C=O) groups excluding carboxylic acids is 1. The molecule has 0 saturated heterocycles. The van der Waals surface area contributed by atoms with Gasteiger partial charge in [-0.3, -0.25) is 14.0 Å². The summed E-state index contributed by atoms with van der Waals surface area (Å²) in [5.74, 6) is -1.12. The molecule has 7 heteroatoms. The Bertz CT molecular complexity index is 666. The first kappa shape index (κ1) is 14.5. The van der Waals surface area contributed by atoms with E-state index in [4.69, 9.17) is 5.11 Å². The third-order valence-electron chi connectivity index (χ3n) is 2.82. The lowest BCUT2D eigenvalue weighted by Crippen LogP contribution is -2.26. The van der Waals surface area contributed by atoms with Crippen molar-refractivity contribution >= 4 is 33.5 Å². The van der Waals surface area contributed by atoms with Crippen LogP contribution >= 0.6 is 15.9 Å². The standard InChI is InChI=1S/C13H14BrN3O3/c1-8-12(13(20)15-6-2-3-11(18)19)17-7-9(14)4-5-10(17)16-8/h4-5,7H,2-3,6H2,1H3,(H,15,20)(H,18,19). The number of hydrogen-bond acceptors (Lipinski definition) is 3. The number of imidazole rings is 1. The Kier molecular flexibility index (Phi) is 4.39. The maximum Gasteiger partial charge on any atom is 0.303 e. The summed E-state index contributed by atoms with van der Waals surface area (Å²) >= 11 is 3.36. The number of nitrogens with zero attached hydrogens (tertiary/aromatic N) is 2. The summed E-state index contributed by atoms with van der Waals surface area (Å²) in [4.78, 5) is 26.9. The lowest BCUT2D eigenvalue weighted by atomic mass is 10.3. The largest absolute Gasteiger partial charge is 0.481 e. The third-order valence-corrected chi connectivity index (χ3v) is 3.29. The second-order valence-corrected chi connectivity index (χ2v) is 5.29. The van der Waals surface area contributed by atoms with E-state index in [0.29, 0.717) is 30.0 Å². The Balaban J connectivity index is 2.15. The van der Waals surface area contributed by atoms with Crippen LogP contribution in [0.15, 0.2) is 22.8 Å². The Morgan fingerprint density at radius 3 is 2.90 bits per heavy atom. The molecule has 0 bridgehead atoms. The number of carboxylic acids is 1. The van der Waals surface area contributed by atoms with E-state index >= 15 is 0 Å². The maximum atomic E-state index is 12.2. The van der Waals surface area contributed by atoms with Crippen molar-refractivity contribution in [2.75, 3.05) is 6.54 Å². The van der Waals surface area contributed by atoms with Crippen LogP contribution in [0.1, 0.15) is 29.0 Å². The van der Waals surface area contributed by atoms with Gasteiger partial charge in [-0.05, 0) is 41.4 Å². The van der Waals surface area contributed by atoms with E-state index in [-0.39, 0.29) is 12.3 Å². The van der Waals surface area contributed by atoms with Crippen LogP contribution in [0.5, 0.6) is 0 Å². The number of aryl methyl sites for hydroxylation is 1. The molecule has 0 fully saturated rings. The van der Waals surface area contributed by atoms with Crippen LogP contribution in [0, 0.1) is 6.92 Å². The molecule has 0 aliphatic carbocycles. The van der Waals surface area contributed by atoms with Gasteiger partial charge in [0.2, 0.25) is 0 Å². The number of halogens is 1. The van der Waals surface area contributed by atoms with Crippen LogP contribution in [-0.4, -0.2) is 32.9 Å². The van der Waals surface area contributed by atoms with Crippen LogP contribution in [0.3, 0.4) is 0 Å². The van der Waals surface area contributed by atoms with Gasteiger partial charge in [0.05, 0.1) is 5.69 Å². The van der Waals surface area contributed by atoms with Crippen LogP contribution in [0.2, 0.25) is 0 Å². The zero-order valence-electron chi connectivity index (χ0n) is 10.9. The monoisotopic (exact) mass is 339 g/mol. The maximum absolute atomic E-state index is 12.2. The van der Waals surface area contributed by atoms with Gasteiger partial charge in [-0.2, -0.15) is 0 Å². The van der Waals surface area contributed by atoms with Gasteiger partial charge in [-0.25, -0.2) is 4.98 Å². The zero-order valence-corrected chi connectivity index (χ0v) is 12.5. The molecule has 0 atom stereocenters. The van der Waals surface area contributed by atoms with Crippen molar-refractivity contribution < 1.29 is 14.7 Å². The fourth-order valence-corrected chi connectivity index (χ4v) is 2.27. The Morgan fingerprint density at radius 1 is 1.45 bits per heavy atom. The van der Waals surface area contributed by atoms with Gasteiger partial charge < -0.3 is 10.4 Å². The molecule has 0 aliphatic rings. The van der Waals surface area contributed by atoms with Crippen molar-refractivity contribution in [3.63, 3.8) is 0 Å². The molecule has 1 amide bonds. The molecule has 2 rings (SSSR count). The van der Waals surface area contributed by atoms with Crippen molar-refractivity contribution in [3.05, 3.63) is 34.2 Å². The molecule has 0 spiro atoms. The van der Waals surface area contributed by atoms with E-state index in [1.807, 2.05) is 12.1 Å². The molecule has 2 heterocycles. The molecular formula is C13H14BrN3O3. The Labute approximate surface area is 123 Å². The second kappa shape index (κ2) is 6.04. The molecule has 20 heavy (non-hydrogen) atoms. The number of carbonyl (C=O) groups is 2. The molecule has 106 valence electrons. The van der Waals surface area contributed by atoms with Gasteiger partial charge in [0, 0.05) is 23.6 Å². The molecule has 2 aromatic rings. The summed E-state index contributed by atoms with van der Waals surface area (Å²) in [6.45, 7) is 2.10. The summed E-state index contributed by atoms with van der Waals surface area (Å²) in [5, 5.41) is 11.3. The van der Waals surface area contributed by atoms with E-state index in [1.165, 1.54) is 0 Å². The number of fused-ring (bicyclic) bond motifs is 1. The number of pyridine rings is 1. The number of nitrogens with one attached hydrogen (secondary N) is 1. The lowest BCUT2D eigenvalue weighted by Gasteiger charge is -2.05. The zero-order chi connectivity index (χ0) is 14.7. The van der Waals surface area contributed by atoms with E-state index in [2.05, 4.69) is 26.2 Å². The average molecular weight is 340 g/mol. The fourth-order valence-electron chi connectivity index (χ4n) is 1.94. The Hall–Kier alpha value is -1.89. The third kappa shape index (κ3) is 3.16. The van der Waals surface area contributed by atoms with Crippen LogP contribution in [0.25, 0.3) is 5.65 Å². The van der Waals surface area contributed by atoms with Crippen molar-refractivity contribution in [1.29, 1.82) is 0 Å². The molecule has 0 unspecified atom stereocenters. The van der Waals surface area contributed by atoms with Crippen molar-refractivity contribution in [2.24, 2.45) is 0 Å². The van der Waals surface area contributed by atoms with Crippen molar-refractivity contribution in [3.8, 4) is 0 Å². The van der Waals surface area contributed by atoms with Gasteiger partial charge in [0.1, 0.15) is 11.3 Å². The molecule has 0 saturated carbocycles. The SMILES string of the molecule is Cc1nc2ccc(Br)cn2c1C(=O)NCCCC(=O)O. The first-order valence-electron chi connectivity index (χ1n) is 6.13. The van der Waals surface area contributed by atoms with Gasteiger partial charge >= 0.3 is 5.97 Å². The minimum atomic E-state index is -0.867. The highest BCUT2D eigenvalue weighted by atomic mass is 79.9. The van der Waals surface area contributed by atoms with Crippen LogP contribution in [0.4, 0.5) is 0 Å². The number of rotatable bonds is 5. The highest BCUT2D eigenvalue weighted by molar-refractivity contribution is 9.10. The molecule has 6 nitrogen and oxygen atoms in total. The van der Waals surface area contributed by atoms with E-state index in [9.17, 15) is 9.59 Å². The number of hydrogen-bond donors (Lipinski definition) is 2. The van der Waals surface area contributed by atoms with Gasteiger partial charge in [-0.15, -0.1) is 0 Å². The summed E-state index contributed by atoms with van der Waals surface area (Å²) in [7, 11) is 0. The minimum Gasteiger partial charge on any atom is -0.481 e. The average Bonchev–Trinajstić information content (AvgIpc) is 2.69.